The Morgan fingerprint density at radius 1 is 1.14 bits per heavy atom. The molecule has 2 aromatic carbocycles. The number of fused-ring (bicyclic) bond motifs is 1. The molecule has 0 aliphatic heterocycles. The van der Waals surface area contributed by atoms with Gasteiger partial charge in [-0.05, 0) is 11.6 Å². The average Bonchev–Trinajstić information content (AvgIpc) is 3.10. The first-order valence-electron chi connectivity index (χ1n) is 8.64. The Hall–Kier alpha value is -3.68. The van der Waals surface area contributed by atoms with Crippen molar-refractivity contribution in [1.82, 2.24) is 10.3 Å². The van der Waals surface area contributed by atoms with Crippen molar-refractivity contribution in [3.63, 3.8) is 0 Å². The fraction of sp³-hybridized carbons (Fsp3) is 0.200. The highest BCUT2D eigenvalue weighted by Crippen LogP contribution is 2.20. The highest BCUT2D eigenvalue weighted by molar-refractivity contribution is 5.88. The SMILES string of the molecule is COC(=O)C(Cc1c[nH]c2ccccc12)NC(=O)Cc1ccccc1[N+](=O)[O-]. The number of rotatable bonds is 7. The van der Waals surface area contributed by atoms with E-state index in [1.807, 2.05) is 24.3 Å². The number of para-hydroxylation sites is 2. The maximum atomic E-state index is 12.5. The number of nitrogens with zero attached hydrogens (tertiary/aromatic N) is 1. The van der Waals surface area contributed by atoms with Gasteiger partial charge in [0.25, 0.3) is 5.69 Å². The van der Waals surface area contributed by atoms with Crippen molar-refractivity contribution < 1.29 is 19.2 Å². The van der Waals surface area contributed by atoms with Crippen molar-refractivity contribution in [2.75, 3.05) is 7.11 Å². The predicted molar refractivity (Wildman–Crippen MR) is 103 cm³/mol. The maximum absolute atomic E-state index is 12.5. The summed E-state index contributed by atoms with van der Waals surface area (Å²) in [5, 5.41) is 14.7. The van der Waals surface area contributed by atoms with Crippen LogP contribution in [0, 0.1) is 10.1 Å². The number of nitro groups is 1. The lowest BCUT2D eigenvalue weighted by molar-refractivity contribution is -0.385. The summed E-state index contributed by atoms with van der Waals surface area (Å²) in [4.78, 5) is 38.3. The van der Waals surface area contributed by atoms with Crippen molar-refractivity contribution in [1.29, 1.82) is 0 Å². The third kappa shape index (κ3) is 4.17. The summed E-state index contributed by atoms with van der Waals surface area (Å²) < 4.78 is 4.81. The first-order valence-corrected chi connectivity index (χ1v) is 8.64. The first-order chi connectivity index (χ1) is 13.5. The number of nitro benzene ring substituents is 1. The van der Waals surface area contributed by atoms with Crippen molar-refractivity contribution >= 4 is 28.5 Å². The van der Waals surface area contributed by atoms with Crippen molar-refractivity contribution in [2.45, 2.75) is 18.9 Å². The minimum absolute atomic E-state index is 0.135. The van der Waals surface area contributed by atoms with Crippen LogP contribution in [0.15, 0.2) is 54.7 Å². The summed E-state index contributed by atoms with van der Waals surface area (Å²) in [6, 6.07) is 12.7. The molecule has 0 aliphatic rings. The zero-order valence-corrected chi connectivity index (χ0v) is 15.2. The molecule has 0 bridgehead atoms. The topological polar surface area (TPSA) is 114 Å². The number of aromatic nitrogens is 1. The molecule has 1 heterocycles. The van der Waals surface area contributed by atoms with Crippen LogP contribution >= 0.6 is 0 Å². The highest BCUT2D eigenvalue weighted by Gasteiger charge is 2.24. The number of benzene rings is 2. The first kappa shape index (κ1) is 19.1. The van der Waals surface area contributed by atoms with Crippen LogP contribution in [0.1, 0.15) is 11.1 Å². The molecule has 3 rings (SSSR count). The van der Waals surface area contributed by atoms with Crippen LogP contribution in [0.5, 0.6) is 0 Å². The summed E-state index contributed by atoms with van der Waals surface area (Å²) in [5.41, 5.74) is 1.92. The van der Waals surface area contributed by atoms with Gasteiger partial charge in [0.05, 0.1) is 18.5 Å². The highest BCUT2D eigenvalue weighted by atomic mass is 16.6. The predicted octanol–water partition coefficient (Wildman–Crippen LogP) is 2.52. The van der Waals surface area contributed by atoms with E-state index >= 15 is 0 Å². The molecular weight excluding hydrogens is 362 g/mol. The quantitative estimate of drug-likeness (QED) is 0.371. The second-order valence-electron chi connectivity index (χ2n) is 6.27. The molecule has 8 heteroatoms. The van der Waals surface area contributed by atoms with E-state index in [1.54, 1.807) is 12.3 Å². The molecule has 0 saturated heterocycles. The number of amides is 1. The summed E-state index contributed by atoms with van der Waals surface area (Å²) in [6.07, 6.45) is 1.81. The zero-order valence-electron chi connectivity index (χ0n) is 15.2. The van der Waals surface area contributed by atoms with Crippen LogP contribution in [0.3, 0.4) is 0 Å². The van der Waals surface area contributed by atoms with E-state index in [0.717, 1.165) is 16.5 Å². The van der Waals surface area contributed by atoms with Gasteiger partial charge in [-0.15, -0.1) is 0 Å². The Morgan fingerprint density at radius 2 is 1.86 bits per heavy atom. The number of hydrogen-bond acceptors (Lipinski definition) is 5. The fourth-order valence-electron chi connectivity index (χ4n) is 3.11. The molecule has 3 aromatic rings. The Morgan fingerprint density at radius 3 is 2.61 bits per heavy atom. The van der Waals surface area contributed by atoms with Gasteiger partial charge in [-0.1, -0.05) is 36.4 Å². The monoisotopic (exact) mass is 381 g/mol. The molecule has 0 fully saturated rings. The molecule has 8 nitrogen and oxygen atoms in total. The molecule has 1 amide bonds. The van der Waals surface area contributed by atoms with E-state index < -0.39 is 22.8 Å². The van der Waals surface area contributed by atoms with Crippen LogP contribution in [-0.2, 0) is 27.2 Å². The Bertz CT molecular complexity index is 1030. The smallest absolute Gasteiger partial charge is 0.328 e. The van der Waals surface area contributed by atoms with Crippen LogP contribution in [-0.4, -0.2) is 34.9 Å². The van der Waals surface area contributed by atoms with Gasteiger partial charge in [0, 0.05) is 35.2 Å². The van der Waals surface area contributed by atoms with Crippen LogP contribution in [0.25, 0.3) is 10.9 Å². The van der Waals surface area contributed by atoms with Gasteiger partial charge >= 0.3 is 5.97 Å². The third-order valence-electron chi connectivity index (χ3n) is 4.46. The number of ether oxygens (including phenoxy) is 1. The molecule has 0 radical (unpaired) electrons. The zero-order chi connectivity index (χ0) is 20.1. The standard InChI is InChI=1S/C20H19N3O5/c1-28-20(25)17(10-14-12-21-16-8-4-3-7-15(14)16)22-19(24)11-13-6-2-5-9-18(13)23(26)27/h2-9,12,17,21H,10-11H2,1H3,(H,22,24). The summed E-state index contributed by atoms with van der Waals surface area (Å²) >= 11 is 0. The van der Waals surface area contributed by atoms with E-state index in [2.05, 4.69) is 10.3 Å². The number of carbonyl (C=O) groups is 2. The van der Waals surface area contributed by atoms with E-state index in [4.69, 9.17) is 4.74 Å². The molecule has 0 aliphatic carbocycles. The second-order valence-corrected chi connectivity index (χ2v) is 6.27. The maximum Gasteiger partial charge on any atom is 0.328 e. The van der Waals surface area contributed by atoms with Gasteiger partial charge in [0.2, 0.25) is 5.91 Å². The summed E-state index contributed by atoms with van der Waals surface area (Å²) in [6.45, 7) is 0. The van der Waals surface area contributed by atoms with E-state index in [1.165, 1.54) is 25.3 Å². The van der Waals surface area contributed by atoms with Crippen molar-refractivity contribution in [3.05, 3.63) is 76.0 Å². The largest absolute Gasteiger partial charge is 0.467 e. The third-order valence-corrected chi connectivity index (χ3v) is 4.46. The van der Waals surface area contributed by atoms with Gasteiger partial charge in [0.1, 0.15) is 6.04 Å². The van der Waals surface area contributed by atoms with Gasteiger partial charge in [-0.25, -0.2) is 4.79 Å². The molecule has 0 spiro atoms. The molecule has 1 aromatic heterocycles. The van der Waals surface area contributed by atoms with Crippen LogP contribution < -0.4 is 5.32 Å². The minimum Gasteiger partial charge on any atom is -0.467 e. The lowest BCUT2D eigenvalue weighted by Gasteiger charge is -2.16. The fourth-order valence-corrected chi connectivity index (χ4v) is 3.11. The van der Waals surface area contributed by atoms with Crippen molar-refractivity contribution in [3.8, 4) is 0 Å². The molecule has 0 saturated carbocycles. The van der Waals surface area contributed by atoms with Crippen LogP contribution in [0.4, 0.5) is 5.69 Å². The Balaban J connectivity index is 1.77. The number of hydrogen-bond donors (Lipinski definition) is 2. The summed E-state index contributed by atoms with van der Waals surface area (Å²) in [7, 11) is 1.25. The normalized spacial score (nSPS) is 11.8. The van der Waals surface area contributed by atoms with Gasteiger partial charge < -0.3 is 15.0 Å². The van der Waals surface area contributed by atoms with Crippen LogP contribution in [0.2, 0.25) is 0 Å². The molecule has 1 atom stereocenters. The number of aromatic amines is 1. The van der Waals surface area contributed by atoms with E-state index in [-0.39, 0.29) is 24.1 Å². The second kappa shape index (κ2) is 8.34. The molecule has 144 valence electrons. The summed E-state index contributed by atoms with van der Waals surface area (Å²) in [5.74, 6) is -1.08. The van der Waals surface area contributed by atoms with Crippen molar-refractivity contribution in [2.24, 2.45) is 0 Å². The lowest BCUT2D eigenvalue weighted by Crippen LogP contribution is -2.43. The van der Waals surface area contributed by atoms with Gasteiger partial charge in [-0.2, -0.15) is 0 Å². The number of methoxy groups -OCH3 is 1. The average molecular weight is 381 g/mol. The Kier molecular flexibility index (Phi) is 5.69. The molecule has 1 unspecified atom stereocenters. The Labute approximate surface area is 160 Å². The lowest BCUT2D eigenvalue weighted by atomic mass is 10.0. The van der Waals surface area contributed by atoms with Gasteiger partial charge in [0.15, 0.2) is 0 Å². The number of H-pyrrole nitrogens is 1. The number of esters is 1. The molecule has 2 N–H and O–H groups in total. The van der Waals surface area contributed by atoms with Gasteiger partial charge in [-0.3, -0.25) is 14.9 Å². The van der Waals surface area contributed by atoms with E-state index in [9.17, 15) is 19.7 Å². The van der Waals surface area contributed by atoms with E-state index in [0.29, 0.717) is 0 Å². The number of nitrogens with one attached hydrogen (secondary N) is 2. The number of carbonyl (C=O) groups excluding carboxylic acids is 2. The molecule has 28 heavy (non-hydrogen) atoms. The molecular formula is C20H19N3O5. The minimum atomic E-state index is -0.903.